The molecule has 0 fully saturated rings. The maximum atomic E-state index is 13.0. The Morgan fingerprint density at radius 3 is 2.90 bits per heavy atom. The molecule has 148 valence electrons. The molecule has 3 aromatic rings. The van der Waals surface area contributed by atoms with Crippen LogP contribution in [0.1, 0.15) is 40.5 Å². The summed E-state index contributed by atoms with van der Waals surface area (Å²) in [7, 11) is 0. The molecule has 2 heterocycles. The van der Waals surface area contributed by atoms with Crippen LogP contribution in [-0.4, -0.2) is 23.7 Å². The van der Waals surface area contributed by atoms with Gasteiger partial charge in [-0.15, -0.1) is 0 Å². The highest BCUT2D eigenvalue weighted by molar-refractivity contribution is 6.09. The quantitative estimate of drug-likeness (QED) is 0.720. The summed E-state index contributed by atoms with van der Waals surface area (Å²) in [5.41, 5.74) is 5.25. The summed E-state index contributed by atoms with van der Waals surface area (Å²) < 4.78 is 10.9. The van der Waals surface area contributed by atoms with E-state index in [2.05, 4.69) is 17.5 Å². The Labute approximate surface area is 173 Å². The van der Waals surface area contributed by atoms with Crippen LogP contribution in [0.5, 0.6) is 11.5 Å². The molecule has 5 rings (SSSR count). The third-order valence-electron chi connectivity index (χ3n) is 5.45. The fourth-order valence-corrected chi connectivity index (χ4v) is 4.04. The van der Waals surface area contributed by atoms with Crippen LogP contribution in [-0.2, 0) is 6.42 Å². The lowest BCUT2D eigenvalue weighted by molar-refractivity contribution is 0.0948. The van der Waals surface area contributed by atoms with Gasteiger partial charge in [0.05, 0.1) is 22.8 Å². The van der Waals surface area contributed by atoms with Crippen LogP contribution in [0.2, 0.25) is 0 Å². The van der Waals surface area contributed by atoms with Gasteiger partial charge in [0, 0.05) is 5.39 Å². The number of nitrogens with one attached hydrogen (secondary N) is 1. The number of para-hydroxylation sites is 1. The molecule has 0 saturated carbocycles. The first-order valence-corrected chi connectivity index (χ1v) is 9.87. The van der Waals surface area contributed by atoms with Crippen LogP contribution in [0.3, 0.4) is 0 Å². The number of carbonyl (C=O) groups is 1. The summed E-state index contributed by atoms with van der Waals surface area (Å²) in [5.74, 6) is 1.25. The second-order valence-electron chi connectivity index (χ2n) is 7.44. The van der Waals surface area contributed by atoms with Crippen LogP contribution >= 0.6 is 0 Å². The molecule has 1 unspecified atom stereocenters. The van der Waals surface area contributed by atoms with Crippen LogP contribution < -0.4 is 14.8 Å². The van der Waals surface area contributed by atoms with Gasteiger partial charge in [0.25, 0.3) is 5.91 Å². The van der Waals surface area contributed by atoms with Crippen molar-refractivity contribution in [3.05, 3.63) is 64.8 Å². The van der Waals surface area contributed by atoms with Gasteiger partial charge in [-0.1, -0.05) is 24.3 Å². The summed E-state index contributed by atoms with van der Waals surface area (Å²) in [6.07, 6.45) is 3.61. The molecule has 1 aliphatic carbocycles. The second kappa shape index (κ2) is 7.20. The van der Waals surface area contributed by atoms with Crippen molar-refractivity contribution in [3.63, 3.8) is 0 Å². The summed E-state index contributed by atoms with van der Waals surface area (Å²) in [6, 6.07) is 15.0. The van der Waals surface area contributed by atoms with Gasteiger partial charge in [-0.05, 0) is 60.7 Å². The molecule has 0 saturated heterocycles. The number of benzene rings is 2. The molecule has 1 aliphatic heterocycles. The summed E-state index contributed by atoms with van der Waals surface area (Å²) in [6.45, 7) is 1.91. The molecular formula is C24H19N3O3. The van der Waals surface area contributed by atoms with Crippen molar-refractivity contribution in [2.75, 3.05) is 6.79 Å². The molecule has 30 heavy (non-hydrogen) atoms. The molecule has 1 aromatic heterocycles. The third kappa shape index (κ3) is 3.05. The normalized spacial score (nSPS) is 16.3. The van der Waals surface area contributed by atoms with Crippen LogP contribution in [0, 0.1) is 11.3 Å². The second-order valence-corrected chi connectivity index (χ2v) is 7.44. The fraction of sp³-hybridized carbons (Fsp3) is 0.208. The van der Waals surface area contributed by atoms with Gasteiger partial charge in [-0.25, -0.2) is 4.98 Å². The number of nitrogens with zero attached hydrogens (tertiary/aromatic N) is 2. The van der Waals surface area contributed by atoms with E-state index < -0.39 is 6.04 Å². The van der Waals surface area contributed by atoms with Gasteiger partial charge >= 0.3 is 0 Å². The van der Waals surface area contributed by atoms with Gasteiger partial charge in [0.1, 0.15) is 6.04 Å². The molecule has 6 nitrogen and oxygen atoms in total. The molecule has 0 spiro atoms. The maximum absolute atomic E-state index is 13.0. The molecule has 2 aliphatic rings. The lowest BCUT2D eigenvalue weighted by atomic mass is 9.99. The number of ether oxygens (including phenoxy) is 2. The van der Waals surface area contributed by atoms with E-state index >= 15 is 0 Å². The highest BCUT2D eigenvalue weighted by atomic mass is 16.7. The summed E-state index contributed by atoms with van der Waals surface area (Å²) in [4.78, 5) is 17.9. The molecule has 0 bridgehead atoms. The van der Waals surface area contributed by atoms with E-state index in [9.17, 15) is 4.79 Å². The zero-order valence-electron chi connectivity index (χ0n) is 16.4. The Bertz CT molecular complexity index is 1260. The zero-order chi connectivity index (χ0) is 20.7. The Kier molecular flexibility index (Phi) is 4.36. The Balaban J connectivity index is 1.62. The third-order valence-corrected chi connectivity index (χ3v) is 5.45. The molecule has 6 heteroatoms. The van der Waals surface area contributed by atoms with Gasteiger partial charge in [0.2, 0.25) is 6.79 Å². The minimum Gasteiger partial charge on any atom is -0.454 e. The average molecular weight is 397 g/mol. The SMILES string of the molecule is CC(C#N)NC(=O)c1c2c(nc3ccccc13)C(=Cc1ccc3c(c1)OCO3)CC2. The number of aromatic nitrogens is 1. The number of pyridine rings is 1. The monoisotopic (exact) mass is 397 g/mol. The molecular weight excluding hydrogens is 378 g/mol. The number of fused-ring (bicyclic) bond motifs is 3. The first-order chi connectivity index (χ1) is 14.6. The lowest BCUT2D eigenvalue weighted by Crippen LogP contribution is -2.32. The minimum absolute atomic E-state index is 0.233. The minimum atomic E-state index is -0.565. The number of allylic oxidation sites excluding steroid dienone is 1. The van der Waals surface area contributed by atoms with Crippen molar-refractivity contribution >= 4 is 28.5 Å². The maximum Gasteiger partial charge on any atom is 0.253 e. The highest BCUT2D eigenvalue weighted by Gasteiger charge is 2.27. The van der Waals surface area contributed by atoms with E-state index in [1.54, 1.807) is 6.92 Å². The summed E-state index contributed by atoms with van der Waals surface area (Å²) in [5, 5.41) is 12.7. The zero-order valence-corrected chi connectivity index (χ0v) is 16.4. The molecule has 1 N–H and O–H groups in total. The topological polar surface area (TPSA) is 84.2 Å². The standard InChI is InChI=1S/C24H19N3O3/c1-14(12-25)26-24(28)22-17-4-2-3-5-19(17)27-23-16(7-8-18(22)23)10-15-6-9-20-21(11-15)30-13-29-20/h2-6,9-11,14H,7-8,13H2,1H3,(H,26,28). The largest absolute Gasteiger partial charge is 0.454 e. The van der Waals surface area contributed by atoms with Crippen molar-refractivity contribution in [3.8, 4) is 17.6 Å². The fourth-order valence-electron chi connectivity index (χ4n) is 4.04. The van der Waals surface area contributed by atoms with Crippen LogP contribution in [0.15, 0.2) is 42.5 Å². The van der Waals surface area contributed by atoms with Gasteiger partial charge in [0.15, 0.2) is 11.5 Å². The number of hydrogen-bond acceptors (Lipinski definition) is 5. The van der Waals surface area contributed by atoms with Gasteiger partial charge < -0.3 is 14.8 Å². The van der Waals surface area contributed by atoms with Crippen molar-refractivity contribution in [1.82, 2.24) is 10.3 Å². The van der Waals surface area contributed by atoms with E-state index in [0.717, 1.165) is 57.6 Å². The smallest absolute Gasteiger partial charge is 0.253 e. The molecule has 1 atom stereocenters. The Morgan fingerprint density at radius 2 is 2.03 bits per heavy atom. The predicted octanol–water partition coefficient (Wildman–Crippen LogP) is 4.09. The van der Waals surface area contributed by atoms with Crippen molar-refractivity contribution in [2.24, 2.45) is 0 Å². The molecule has 1 amide bonds. The number of amides is 1. The number of rotatable bonds is 3. The highest BCUT2D eigenvalue weighted by Crippen LogP contribution is 2.39. The Morgan fingerprint density at radius 1 is 1.20 bits per heavy atom. The Hall–Kier alpha value is -3.85. The number of nitriles is 1. The van der Waals surface area contributed by atoms with E-state index in [-0.39, 0.29) is 12.7 Å². The van der Waals surface area contributed by atoms with E-state index in [0.29, 0.717) is 5.56 Å². The first-order valence-electron chi connectivity index (χ1n) is 9.87. The predicted molar refractivity (Wildman–Crippen MR) is 113 cm³/mol. The molecule has 2 aromatic carbocycles. The van der Waals surface area contributed by atoms with Crippen LogP contribution in [0.25, 0.3) is 22.6 Å². The van der Waals surface area contributed by atoms with Crippen molar-refractivity contribution in [2.45, 2.75) is 25.8 Å². The number of hydrogen-bond donors (Lipinski definition) is 1. The average Bonchev–Trinajstić information content (AvgIpc) is 3.38. The van der Waals surface area contributed by atoms with Gasteiger partial charge in [-0.3, -0.25) is 4.79 Å². The first kappa shape index (κ1) is 18.2. The lowest BCUT2D eigenvalue weighted by Gasteiger charge is -2.13. The van der Waals surface area contributed by atoms with E-state index in [1.807, 2.05) is 42.5 Å². The van der Waals surface area contributed by atoms with Gasteiger partial charge in [-0.2, -0.15) is 5.26 Å². The molecule has 0 radical (unpaired) electrons. The summed E-state index contributed by atoms with van der Waals surface area (Å²) >= 11 is 0. The number of carbonyl (C=O) groups excluding carboxylic acids is 1. The van der Waals surface area contributed by atoms with Crippen molar-refractivity contribution in [1.29, 1.82) is 5.26 Å². The van der Waals surface area contributed by atoms with E-state index in [1.165, 1.54) is 0 Å². The van der Waals surface area contributed by atoms with Crippen molar-refractivity contribution < 1.29 is 14.3 Å². The van der Waals surface area contributed by atoms with Crippen LogP contribution in [0.4, 0.5) is 0 Å². The van der Waals surface area contributed by atoms with E-state index in [4.69, 9.17) is 19.7 Å².